The fourth-order valence-corrected chi connectivity index (χ4v) is 5.94. The molecular weight excluding hydrogens is 524 g/mol. The zero-order chi connectivity index (χ0) is 27.5. The Morgan fingerprint density at radius 3 is 2.67 bits per heavy atom. The smallest absolute Gasteiger partial charge is 0.408 e. The number of aromatic amines is 1. The molecule has 0 unspecified atom stereocenters. The highest BCUT2D eigenvalue weighted by atomic mass is 32.2. The van der Waals surface area contributed by atoms with Crippen LogP contribution < -0.4 is 11.3 Å². The molecule has 39 heavy (non-hydrogen) atoms. The molecule has 0 bridgehead atoms. The van der Waals surface area contributed by atoms with E-state index in [0.717, 1.165) is 15.6 Å². The molecule has 200 valence electrons. The standard InChI is InChI=1S/C26H24N6O6S/c1-29(39(36,37)17-8-9-21-22(12-17)38-26(35)30(21)2)15-24(33)31-11-10-18-20(14-31)27-23-13-19(28-32(23)25(18)34)16-6-4-3-5-7-16/h3-9,12-13,28H,10-11,14-15H2,1-2H3. The van der Waals surface area contributed by atoms with Crippen LogP contribution in [-0.4, -0.2) is 62.8 Å². The van der Waals surface area contributed by atoms with Crippen LogP contribution in [0.2, 0.25) is 0 Å². The van der Waals surface area contributed by atoms with Crippen LogP contribution in [0.3, 0.4) is 0 Å². The number of amides is 1. The summed E-state index contributed by atoms with van der Waals surface area (Å²) in [7, 11) is -1.21. The minimum absolute atomic E-state index is 0.0950. The van der Waals surface area contributed by atoms with Gasteiger partial charge in [-0.05, 0) is 24.1 Å². The molecule has 4 heterocycles. The Kier molecular flexibility index (Phi) is 5.77. The van der Waals surface area contributed by atoms with Crippen molar-refractivity contribution < 1.29 is 17.6 Å². The SMILES string of the molecule is CN(CC(=O)N1CCc2c(nc3cc(-c4ccccc4)[nH]n3c2=O)C1)S(=O)(=O)c1ccc2c(c1)oc(=O)n2C. The van der Waals surface area contributed by atoms with Gasteiger partial charge in [0.2, 0.25) is 15.9 Å². The number of hydrogen-bond donors (Lipinski definition) is 1. The fourth-order valence-electron chi connectivity index (χ4n) is 4.80. The lowest BCUT2D eigenvalue weighted by atomic mass is 10.1. The minimum atomic E-state index is -4.05. The Labute approximate surface area is 221 Å². The van der Waals surface area contributed by atoms with Gasteiger partial charge < -0.3 is 9.32 Å². The molecule has 1 amide bonds. The van der Waals surface area contributed by atoms with Crippen LogP contribution in [0.25, 0.3) is 28.0 Å². The predicted octanol–water partition coefficient (Wildman–Crippen LogP) is 1.34. The van der Waals surface area contributed by atoms with Crippen LogP contribution in [0.5, 0.6) is 0 Å². The van der Waals surface area contributed by atoms with Gasteiger partial charge in [-0.15, -0.1) is 0 Å². The molecule has 0 saturated heterocycles. The zero-order valence-electron chi connectivity index (χ0n) is 21.1. The predicted molar refractivity (Wildman–Crippen MR) is 142 cm³/mol. The van der Waals surface area contributed by atoms with E-state index in [-0.39, 0.29) is 29.1 Å². The molecule has 13 heteroatoms. The summed E-state index contributed by atoms with van der Waals surface area (Å²) in [4.78, 5) is 44.1. The van der Waals surface area contributed by atoms with E-state index in [1.807, 2.05) is 30.3 Å². The van der Waals surface area contributed by atoms with Crippen molar-refractivity contribution in [3.63, 3.8) is 0 Å². The summed E-state index contributed by atoms with van der Waals surface area (Å²) in [6.45, 7) is -0.0468. The normalized spacial score (nSPS) is 13.9. The van der Waals surface area contributed by atoms with E-state index in [4.69, 9.17) is 4.42 Å². The highest BCUT2D eigenvalue weighted by Gasteiger charge is 2.29. The van der Waals surface area contributed by atoms with Gasteiger partial charge in [0.15, 0.2) is 11.2 Å². The van der Waals surface area contributed by atoms with Crippen LogP contribution in [0, 0.1) is 0 Å². The maximum absolute atomic E-state index is 13.2. The highest BCUT2D eigenvalue weighted by molar-refractivity contribution is 7.89. The first kappa shape index (κ1) is 24.8. The maximum atomic E-state index is 13.2. The van der Waals surface area contributed by atoms with E-state index < -0.39 is 28.2 Å². The number of likely N-dealkylation sites (N-methyl/N-ethyl adjacent to an activating group) is 1. The van der Waals surface area contributed by atoms with Crippen molar-refractivity contribution in [1.29, 1.82) is 0 Å². The molecule has 0 spiro atoms. The lowest BCUT2D eigenvalue weighted by Gasteiger charge is -2.29. The van der Waals surface area contributed by atoms with E-state index in [1.165, 1.54) is 46.3 Å². The van der Waals surface area contributed by atoms with Gasteiger partial charge >= 0.3 is 5.76 Å². The van der Waals surface area contributed by atoms with Crippen molar-refractivity contribution in [2.24, 2.45) is 7.05 Å². The third kappa shape index (κ3) is 4.15. The van der Waals surface area contributed by atoms with E-state index in [1.54, 1.807) is 6.07 Å². The van der Waals surface area contributed by atoms with E-state index in [0.29, 0.717) is 28.8 Å². The Morgan fingerprint density at radius 1 is 1.13 bits per heavy atom. The first-order chi connectivity index (χ1) is 18.6. The van der Waals surface area contributed by atoms with Crippen molar-refractivity contribution in [2.45, 2.75) is 17.9 Å². The molecule has 6 rings (SSSR count). The second kappa shape index (κ2) is 9.06. The van der Waals surface area contributed by atoms with Crippen LogP contribution in [0.1, 0.15) is 11.3 Å². The molecule has 1 N–H and O–H groups in total. The number of carbonyl (C=O) groups excluding carboxylic acids is 1. The average Bonchev–Trinajstić information content (AvgIpc) is 3.49. The molecule has 0 fully saturated rings. The number of fused-ring (bicyclic) bond motifs is 3. The third-order valence-electron chi connectivity index (χ3n) is 7.03. The fraction of sp³-hybridized carbons (Fsp3) is 0.231. The largest absolute Gasteiger partial charge is 0.419 e. The Bertz CT molecular complexity index is 1990. The zero-order valence-corrected chi connectivity index (χ0v) is 21.9. The van der Waals surface area contributed by atoms with Gasteiger partial charge in [-0.1, -0.05) is 30.3 Å². The summed E-state index contributed by atoms with van der Waals surface area (Å²) < 4.78 is 35.1. The summed E-state index contributed by atoms with van der Waals surface area (Å²) in [6.07, 6.45) is 0.301. The van der Waals surface area contributed by atoms with Crippen molar-refractivity contribution in [3.05, 3.63) is 86.8 Å². The number of carbonyl (C=O) groups is 1. The first-order valence-electron chi connectivity index (χ1n) is 12.2. The summed E-state index contributed by atoms with van der Waals surface area (Å²) in [6, 6.07) is 15.5. The van der Waals surface area contributed by atoms with E-state index in [9.17, 15) is 22.8 Å². The van der Waals surface area contributed by atoms with Crippen molar-refractivity contribution in [3.8, 4) is 11.3 Å². The maximum Gasteiger partial charge on any atom is 0.419 e. The third-order valence-corrected chi connectivity index (χ3v) is 8.83. The summed E-state index contributed by atoms with van der Waals surface area (Å²) in [5, 5.41) is 3.10. The summed E-state index contributed by atoms with van der Waals surface area (Å²) >= 11 is 0. The number of sulfonamides is 1. The van der Waals surface area contributed by atoms with Crippen molar-refractivity contribution >= 4 is 32.7 Å². The molecule has 3 aromatic heterocycles. The second-order valence-corrected chi connectivity index (χ2v) is 11.5. The van der Waals surface area contributed by atoms with Crippen LogP contribution in [-0.2, 0) is 34.8 Å². The van der Waals surface area contributed by atoms with E-state index in [2.05, 4.69) is 10.1 Å². The first-order valence-corrected chi connectivity index (χ1v) is 13.6. The number of H-pyrrole nitrogens is 1. The van der Waals surface area contributed by atoms with Gasteiger partial charge in [-0.3, -0.25) is 19.3 Å². The van der Waals surface area contributed by atoms with Gasteiger partial charge in [0, 0.05) is 38.3 Å². The molecule has 1 aliphatic heterocycles. The molecule has 0 saturated carbocycles. The molecule has 0 aliphatic carbocycles. The number of nitrogens with one attached hydrogen (secondary N) is 1. The molecule has 5 aromatic rings. The van der Waals surface area contributed by atoms with Gasteiger partial charge in [-0.2, -0.15) is 4.31 Å². The molecular formula is C26H24N6O6S. The van der Waals surface area contributed by atoms with Gasteiger partial charge in [0.1, 0.15) is 0 Å². The lowest BCUT2D eigenvalue weighted by Crippen LogP contribution is -2.44. The van der Waals surface area contributed by atoms with Crippen LogP contribution >= 0.6 is 0 Å². The molecule has 0 radical (unpaired) electrons. The highest BCUT2D eigenvalue weighted by Crippen LogP contribution is 2.23. The quantitative estimate of drug-likeness (QED) is 0.349. The number of benzene rings is 2. The summed E-state index contributed by atoms with van der Waals surface area (Å²) in [5.41, 5.74) is 3.50. The Balaban J connectivity index is 1.22. The monoisotopic (exact) mass is 548 g/mol. The number of hydrogen-bond acceptors (Lipinski definition) is 7. The van der Waals surface area contributed by atoms with Crippen molar-refractivity contribution in [1.82, 2.24) is 28.4 Å². The number of rotatable bonds is 5. The second-order valence-electron chi connectivity index (χ2n) is 9.45. The van der Waals surface area contributed by atoms with Gasteiger partial charge in [0.05, 0.1) is 34.9 Å². The van der Waals surface area contributed by atoms with Crippen LogP contribution in [0.15, 0.2) is 73.5 Å². The molecule has 12 nitrogen and oxygen atoms in total. The number of nitrogens with zero attached hydrogens (tertiary/aromatic N) is 5. The Morgan fingerprint density at radius 2 is 1.90 bits per heavy atom. The minimum Gasteiger partial charge on any atom is -0.408 e. The van der Waals surface area contributed by atoms with Crippen LogP contribution in [0.4, 0.5) is 0 Å². The molecule has 1 aliphatic rings. The van der Waals surface area contributed by atoms with Gasteiger partial charge in [0.25, 0.3) is 5.56 Å². The lowest BCUT2D eigenvalue weighted by molar-refractivity contribution is -0.132. The number of aromatic nitrogens is 4. The average molecular weight is 549 g/mol. The summed E-state index contributed by atoms with van der Waals surface area (Å²) in [5.74, 6) is -1.02. The van der Waals surface area contributed by atoms with Crippen molar-refractivity contribution in [2.75, 3.05) is 20.1 Å². The van der Waals surface area contributed by atoms with Gasteiger partial charge in [-0.25, -0.2) is 22.7 Å². The topological polar surface area (TPSA) is 143 Å². The molecule has 0 atom stereocenters. The number of oxazole rings is 1. The molecule has 2 aromatic carbocycles. The number of aryl methyl sites for hydroxylation is 1. The van der Waals surface area contributed by atoms with E-state index >= 15 is 0 Å². The Hall–Kier alpha value is -4.49.